The molecular formula is C5H9N3O2S. The van der Waals surface area contributed by atoms with Gasteiger partial charge in [-0.1, -0.05) is 6.92 Å². The fraction of sp³-hybridized carbons (Fsp3) is 0.600. The summed E-state index contributed by atoms with van der Waals surface area (Å²) in [6.07, 6.45) is 0. The number of nitrogens with one attached hydrogen (secondary N) is 1. The average Bonchev–Trinajstić information content (AvgIpc) is 2.28. The molecule has 1 aliphatic heterocycles. The van der Waals surface area contributed by atoms with Crippen molar-refractivity contribution in [2.45, 2.75) is 12.3 Å². The van der Waals surface area contributed by atoms with Crippen LogP contribution in [0.25, 0.3) is 0 Å². The molecule has 0 aliphatic carbocycles. The largest absolute Gasteiger partial charge is 0.287 e. The number of hydrazine groups is 1. The molecule has 1 fully saturated rings. The molecule has 1 unspecified atom stereocenters. The lowest BCUT2D eigenvalue weighted by Crippen LogP contribution is -2.43. The molecule has 62 valence electrons. The summed E-state index contributed by atoms with van der Waals surface area (Å²) in [5.74, 6) is 5.10. The van der Waals surface area contributed by atoms with Crippen LogP contribution < -0.4 is 11.2 Å². The molecule has 0 saturated carbocycles. The standard InChI is InChI=1S/C5H9N3O2S/c1-2-8(6)4-3(9)7-5(10)11-4/h4H,2,6H2,1H3,(H,7,9,10). The lowest BCUT2D eigenvalue weighted by atomic mass is 10.5. The summed E-state index contributed by atoms with van der Waals surface area (Å²) in [4.78, 5) is 21.5. The second-order valence-electron chi connectivity index (χ2n) is 2.08. The van der Waals surface area contributed by atoms with Crippen molar-refractivity contribution in [2.75, 3.05) is 6.54 Å². The normalized spacial score (nSPS) is 24.5. The molecule has 1 saturated heterocycles. The summed E-state index contributed by atoms with van der Waals surface area (Å²) in [6.45, 7) is 2.36. The van der Waals surface area contributed by atoms with Crippen molar-refractivity contribution in [3.8, 4) is 0 Å². The summed E-state index contributed by atoms with van der Waals surface area (Å²) in [6, 6.07) is 0. The van der Waals surface area contributed by atoms with Crippen molar-refractivity contribution in [3.05, 3.63) is 0 Å². The first-order chi connectivity index (χ1) is 5.15. The Bertz CT molecular complexity index is 196. The van der Waals surface area contributed by atoms with Crippen LogP contribution >= 0.6 is 11.8 Å². The first-order valence-electron chi connectivity index (χ1n) is 3.18. The highest BCUT2D eigenvalue weighted by molar-refractivity contribution is 8.15. The molecule has 1 rings (SSSR count). The second kappa shape index (κ2) is 3.21. The van der Waals surface area contributed by atoms with Gasteiger partial charge in [-0.25, -0.2) is 5.01 Å². The van der Waals surface area contributed by atoms with Gasteiger partial charge < -0.3 is 0 Å². The van der Waals surface area contributed by atoms with Crippen LogP contribution in [0.2, 0.25) is 0 Å². The lowest BCUT2D eigenvalue weighted by molar-refractivity contribution is -0.121. The van der Waals surface area contributed by atoms with Gasteiger partial charge in [-0.2, -0.15) is 0 Å². The summed E-state index contributed by atoms with van der Waals surface area (Å²) in [5, 5.41) is 2.59. The molecule has 0 bridgehead atoms. The van der Waals surface area contributed by atoms with Crippen LogP contribution in [0.1, 0.15) is 6.92 Å². The van der Waals surface area contributed by atoms with Crippen molar-refractivity contribution in [1.29, 1.82) is 0 Å². The monoisotopic (exact) mass is 175 g/mol. The van der Waals surface area contributed by atoms with Crippen LogP contribution in [0.4, 0.5) is 4.79 Å². The van der Waals surface area contributed by atoms with E-state index in [1.54, 1.807) is 0 Å². The van der Waals surface area contributed by atoms with Crippen molar-refractivity contribution in [3.63, 3.8) is 0 Å². The molecule has 5 nitrogen and oxygen atoms in total. The van der Waals surface area contributed by atoms with Gasteiger partial charge in [0.2, 0.25) is 0 Å². The van der Waals surface area contributed by atoms with E-state index in [-0.39, 0.29) is 11.1 Å². The van der Waals surface area contributed by atoms with Gasteiger partial charge in [0.15, 0.2) is 5.37 Å². The average molecular weight is 175 g/mol. The molecule has 0 aromatic rings. The number of amides is 2. The number of imide groups is 1. The number of carbonyl (C=O) groups excluding carboxylic acids is 2. The molecule has 1 heterocycles. The van der Waals surface area contributed by atoms with Crippen molar-refractivity contribution >= 4 is 22.9 Å². The van der Waals surface area contributed by atoms with E-state index in [9.17, 15) is 9.59 Å². The highest BCUT2D eigenvalue weighted by atomic mass is 32.2. The highest BCUT2D eigenvalue weighted by Crippen LogP contribution is 2.19. The number of hydrogen-bond donors (Lipinski definition) is 2. The maximum Gasteiger partial charge on any atom is 0.287 e. The van der Waals surface area contributed by atoms with Gasteiger partial charge in [0.1, 0.15) is 0 Å². The summed E-state index contributed by atoms with van der Waals surface area (Å²) >= 11 is 0.908. The highest BCUT2D eigenvalue weighted by Gasteiger charge is 2.34. The van der Waals surface area contributed by atoms with Crippen molar-refractivity contribution in [1.82, 2.24) is 10.3 Å². The van der Waals surface area contributed by atoms with Gasteiger partial charge in [-0.15, -0.1) is 0 Å². The second-order valence-corrected chi connectivity index (χ2v) is 3.13. The van der Waals surface area contributed by atoms with Gasteiger partial charge in [0.25, 0.3) is 11.1 Å². The SMILES string of the molecule is CCN(N)C1SC(=O)NC1=O. The van der Waals surface area contributed by atoms with Crippen molar-refractivity contribution in [2.24, 2.45) is 5.84 Å². The zero-order valence-corrected chi connectivity index (χ0v) is 6.85. The molecule has 0 spiro atoms. The van der Waals surface area contributed by atoms with E-state index in [1.807, 2.05) is 6.92 Å². The zero-order chi connectivity index (χ0) is 8.43. The number of likely N-dealkylation sites (N-methyl/N-ethyl adjacent to an activating group) is 1. The van der Waals surface area contributed by atoms with E-state index in [4.69, 9.17) is 5.84 Å². The quantitative estimate of drug-likeness (QED) is 0.437. The molecule has 1 atom stereocenters. The zero-order valence-electron chi connectivity index (χ0n) is 6.03. The summed E-state index contributed by atoms with van der Waals surface area (Å²) < 4.78 is 0. The fourth-order valence-electron chi connectivity index (χ4n) is 0.731. The van der Waals surface area contributed by atoms with Gasteiger partial charge in [0, 0.05) is 6.54 Å². The van der Waals surface area contributed by atoms with Gasteiger partial charge in [0.05, 0.1) is 0 Å². The number of nitrogens with two attached hydrogens (primary N) is 1. The number of hydrogen-bond acceptors (Lipinski definition) is 5. The van der Waals surface area contributed by atoms with E-state index >= 15 is 0 Å². The van der Waals surface area contributed by atoms with Gasteiger partial charge >= 0.3 is 0 Å². The Morgan fingerprint density at radius 1 is 1.73 bits per heavy atom. The molecule has 0 radical (unpaired) electrons. The minimum absolute atomic E-state index is 0.329. The van der Waals surface area contributed by atoms with Crippen molar-refractivity contribution < 1.29 is 9.59 Å². The molecule has 11 heavy (non-hydrogen) atoms. The van der Waals surface area contributed by atoms with Gasteiger partial charge in [-0.3, -0.25) is 20.7 Å². The molecular weight excluding hydrogens is 166 g/mol. The summed E-state index contributed by atoms with van der Waals surface area (Å²) in [5.41, 5.74) is 0. The van der Waals surface area contributed by atoms with E-state index in [0.717, 1.165) is 11.8 Å². The number of rotatable bonds is 2. The van der Waals surface area contributed by atoms with Crippen LogP contribution in [-0.4, -0.2) is 28.1 Å². The van der Waals surface area contributed by atoms with E-state index in [0.29, 0.717) is 6.54 Å². The maximum atomic E-state index is 10.9. The molecule has 3 N–H and O–H groups in total. The van der Waals surface area contributed by atoms with Crippen LogP contribution in [-0.2, 0) is 4.79 Å². The predicted molar refractivity (Wildman–Crippen MR) is 41.5 cm³/mol. The Morgan fingerprint density at radius 3 is 2.73 bits per heavy atom. The Morgan fingerprint density at radius 2 is 2.36 bits per heavy atom. The smallest absolute Gasteiger partial charge is 0.285 e. The van der Waals surface area contributed by atoms with Gasteiger partial charge in [-0.05, 0) is 11.8 Å². The first-order valence-corrected chi connectivity index (χ1v) is 4.06. The predicted octanol–water partition coefficient (Wildman–Crippen LogP) is -0.509. The summed E-state index contributed by atoms with van der Waals surface area (Å²) in [7, 11) is 0. The van der Waals surface area contributed by atoms with E-state index in [2.05, 4.69) is 5.32 Å². The Kier molecular flexibility index (Phi) is 2.48. The van der Waals surface area contributed by atoms with E-state index < -0.39 is 5.37 Å². The Balaban J connectivity index is 2.59. The molecule has 0 aromatic carbocycles. The maximum absolute atomic E-state index is 10.9. The minimum Gasteiger partial charge on any atom is -0.285 e. The minimum atomic E-state index is -0.549. The van der Waals surface area contributed by atoms with Crippen LogP contribution in [0, 0.1) is 0 Å². The topological polar surface area (TPSA) is 75.4 Å². The van der Waals surface area contributed by atoms with Crippen LogP contribution in [0.15, 0.2) is 0 Å². The third kappa shape index (κ3) is 1.70. The molecule has 0 aromatic heterocycles. The number of nitrogens with zero attached hydrogens (tertiary/aromatic N) is 1. The van der Waals surface area contributed by atoms with E-state index in [1.165, 1.54) is 5.01 Å². The van der Waals surface area contributed by atoms with Crippen LogP contribution in [0.3, 0.4) is 0 Å². The lowest BCUT2D eigenvalue weighted by Gasteiger charge is -2.16. The molecule has 1 aliphatic rings. The Labute approximate surface area is 68.3 Å². The fourth-order valence-corrected chi connectivity index (χ4v) is 1.54. The first kappa shape index (κ1) is 8.51. The molecule has 6 heteroatoms. The van der Waals surface area contributed by atoms with Crippen LogP contribution in [0.5, 0.6) is 0 Å². The number of carbonyl (C=O) groups is 2. The molecule has 2 amide bonds. The Hall–Kier alpha value is -0.590. The third-order valence-corrected chi connectivity index (χ3v) is 2.36. The number of thioether (sulfide) groups is 1. The third-order valence-electron chi connectivity index (χ3n) is 1.33.